The molecule has 2 aromatic carbocycles. The smallest absolute Gasteiger partial charge is 0.253 e. The highest BCUT2D eigenvalue weighted by Gasteiger charge is 2.19. The summed E-state index contributed by atoms with van der Waals surface area (Å²) in [6.45, 7) is 5.47. The molecule has 0 spiro atoms. The van der Waals surface area contributed by atoms with Gasteiger partial charge in [-0.15, -0.1) is 0 Å². The quantitative estimate of drug-likeness (QED) is 0.526. The second kappa shape index (κ2) is 8.22. The molecule has 1 aliphatic rings. The van der Waals surface area contributed by atoms with Gasteiger partial charge in [0.05, 0.1) is 11.3 Å². The molecule has 8 heteroatoms. The third kappa shape index (κ3) is 3.71. The minimum atomic E-state index is -0.109. The molecule has 4 aromatic rings. The van der Waals surface area contributed by atoms with Gasteiger partial charge in [0.15, 0.2) is 11.5 Å². The molecule has 3 heterocycles. The summed E-state index contributed by atoms with van der Waals surface area (Å²) in [7, 11) is 0. The van der Waals surface area contributed by atoms with Crippen LogP contribution in [0.1, 0.15) is 27.3 Å². The molecule has 32 heavy (non-hydrogen) atoms. The van der Waals surface area contributed by atoms with Crippen molar-refractivity contribution in [2.45, 2.75) is 20.4 Å². The second-order valence-electron chi connectivity index (χ2n) is 7.64. The van der Waals surface area contributed by atoms with Gasteiger partial charge < -0.3 is 19.4 Å². The topological polar surface area (TPSA) is 83.2 Å². The van der Waals surface area contributed by atoms with E-state index >= 15 is 0 Å². The average molecular weight is 429 g/mol. The lowest BCUT2D eigenvalue weighted by Gasteiger charge is -2.20. The summed E-state index contributed by atoms with van der Waals surface area (Å²) in [6, 6.07) is 15.6. The molecule has 0 saturated carbocycles. The fraction of sp³-hybridized carbons (Fsp3) is 0.208. The number of nitrogens with zero attached hydrogens (tertiary/aromatic N) is 4. The standard InChI is InChI=1S/C24H23N5O3/c1-16-11-21(17(2)29(16)20-7-8-22-23(12-20)32-10-9-31-22)24(30)26-13-18-3-5-19(6-4-18)28-15-25-14-27-28/h3-8,11-12,14-15H,9-10,13H2,1-2H3,(H,26,30). The van der Waals surface area contributed by atoms with Crippen molar-refractivity contribution in [2.75, 3.05) is 13.2 Å². The first kappa shape index (κ1) is 19.9. The number of amides is 1. The van der Waals surface area contributed by atoms with Crippen molar-refractivity contribution >= 4 is 5.91 Å². The van der Waals surface area contributed by atoms with Crippen LogP contribution in [0.3, 0.4) is 0 Å². The van der Waals surface area contributed by atoms with Crippen molar-refractivity contribution in [1.29, 1.82) is 0 Å². The van der Waals surface area contributed by atoms with E-state index in [2.05, 4.69) is 20.0 Å². The maximum atomic E-state index is 12.9. The Hall–Kier alpha value is -4.07. The molecular formula is C24H23N5O3. The summed E-state index contributed by atoms with van der Waals surface area (Å²) in [5, 5.41) is 7.14. The van der Waals surface area contributed by atoms with Crippen molar-refractivity contribution in [3.05, 3.63) is 83.7 Å². The molecule has 8 nitrogen and oxygen atoms in total. The Balaban J connectivity index is 1.32. The molecule has 0 unspecified atom stereocenters. The number of benzene rings is 2. The van der Waals surface area contributed by atoms with Crippen molar-refractivity contribution in [3.63, 3.8) is 0 Å². The summed E-state index contributed by atoms with van der Waals surface area (Å²) in [5.74, 6) is 1.36. The number of nitrogens with one attached hydrogen (secondary N) is 1. The van der Waals surface area contributed by atoms with Crippen LogP contribution in [0, 0.1) is 13.8 Å². The summed E-state index contributed by atoms with van der Waals surface area (Å²) < 4.78 is 15.1. The third-order valence-corrected chi connectivity index (χ3v) is 5.53. The fourth-order valence-electron chi connectivity index (χ4n) is 3.95. The van der Waals surface area contributed by atoms with Gasteiger partial charge in [0.1, 0.15) is 25.9 Å². The number of hydrogen-bond acceptors (Lipinski definition) is 5. The molecule has 162 valence electrons. The van der Waals surface area contributed by atoms with Crippen molar-refractivity contribution in [3.8, 4) is 22.9 Å². The maximum absolute atomic E-state index is 12.9. The molecule has 5 rings (SSSR count). The molecule has 1 amide bonds. The summed E-state index contributed by atoms with van der Waals surface area (Å²) in [5.41, 5.74) is 5.35. The highest BCUT2D eigenvalue weighted by Crippen LogP contribution is 2.33. The van der Waals surface area contributed by atoms with Gasteiger partial charge in [0, 0.05) is 29.7 Å². The minimum Gasteiger partial charge on any atom is -0.486 e. The molecule has 1 N–H and O–H groups in total. The molecule has 0 saturated heterocycles. The zero-order valence-electron chi connectivity index (χ0n) is 17.9. The lowest BCUT2D eigenvalue weighted by molar-refractivity contribution is 0.0950. The fourth-order valence-corrected chi connectivity index (χ4v) is 3.95. The Morgan fingerprint density at radius 3 is 2.50 bits per heavy atom. The van der Waals surface area contributed by atoms with E-state index in [-0.39, 0.29) is 5.91 Å². The van der Waals surface area contributed by atoms with E-state index in [0.717, 1.165) is 39.8 Å². The van der Waals surface area contributed by atoms with Gasteiger partial charge in [-0.25, -0.2) is 9.67 Å². The van der Waals surface area contributed by atoms with Crippen LogP contribution in [0.5, 0.6) is 11.5 Å². The molecule has 2 aromatic heterocycles. The number of hydrogen-bond donors (Lipinski definition) is 1. The molecule has 0 fully saturated rings. The maximum Gasteiger partial charge on any atom is 0.253 e. The predicted molar refractivity (Wildman–Crippen MR) is 119 cm³/mol. The van der Waals surface area contributed by atoms with Gasteiger partial charge in [-0.2, -0.15) is 5.10 Å². The van der Waals surface area contributed by atoms with Crippen LogP contribution in [0.25, 0.3) is 11.4 Å². The molecule has 0 bridgehead atoms. The van der Waals surface area contributed by atoms with Crippen LogP contribution in [0.2, 0.25) is 0 Å². The number of carbonyl (C=O) groups excluding carboxylic acids is 1. The predicted octanol–water partition coefficient (Wildman–Crippen LogP) is 3.38. The Kier molecular flexibility index (Phi) is 5.10. The molecular weight excluding hydrogens is 406 g/mol. The zero-order chi connectivity index (χ0) is 22.1. The first-order chi connectivity index (χ1) is 15.6. The number of aryl methyl sites for hydroxylation is 1. The lowest BCUT2D eigenvalue weighted by atomic mass is 10.2. The zero-order valence-corrected chi connectivity index (χ0v) is 17.9. The van der Waals surface area contributed by atoms with E-state index in [4.69, 9.17) is 9.47 Å². The summed E-state index contributed by atoms with van der Waals surface area (Å²) in [4.78, 5) is 16.9. The van der Waals surface area contributed by atoms with E-state index in [0.29, 0.717) is 25.3 Å². The first-order valence-electron chi connectivity index (χ1n) is 10.4. The second-order valence-corrected chi connectivity index (χ2v) is 7.64. The van der Waals surface area contributed by atoms with Crippen LogP contribution in [0.4, 0.5) is 0 Å². The SMILES string of the molecule is Cc1cc(C(=O)NCc2ccc(-n3cncn3)cc2)c(C)n1-c1ccc2c(c1)OCCO2. The van der Waals surface area contributed by atoms with E-state index in [1.165, 1.54) is 6.33 Å². The van der Waals surface area contributed by atoms with E-state index in [1.807, 2.05) is 62.4 Å². The van der Waals surface area contributed by atoms with Gasteiger partial charge in [-0.3, -0.25) is 4.79 Å². The van der Waals surface area contributed by atoms with Crippen LogP contribution >= 0.6 is 0 Å². The van der Waals surface area contributed by atoms with Gasteiger partial charge in [0.2, 0.25) is 0 Å². The monoisotopic (exact) mass is 429 g/mol. The van der Waals surface area contributed by atoms with Crippen molar-refractivity contribution in [1.82, 2.24) is 24.6 Å². The Bertz CT molecular complexity index is 1260. The third-order valence-electron chi connectivity index (χ3n) is 5.53. The van der Waals surface area contributed by atoms with E-state index in [9.17, 15) is 4.79 Å². The number of ether oxygens (including phenoxy) is 2. The minimum absolute atomic E-state index is 0.109. The first-order valence-corrected chi connectivity index (χ1v) is 10.4. The Labute approximate surface area is 185 Å². The van der Waals surface area contributed by atoms with Crippen molar-refractivity contribution < 1.29 is 14.3 Å². The normalized spacial score (nSPS) is 12.6. The molecule has 0 radical (unpaired) electrons. The number of fused-ring (bicyclic) bond motifs is 1. The Morgan fingerprint density at radius 2 is 1.75 bits per heavy atom. The Morgan fingerprint density at radius 1 is 1.00 bits per heavy atom. The molecule has 0 atom stereocenters. The highest BCUT2D eigenvalue weighted by atomic mass is 16.6. The number of aromatic nitrogens is 4. The van der Waals surface area contributed by atoms with Gasteiger partial charge in [-0.05, 0) is 49.7 Å². The van der Waals surface area contributed by atoms with E-state index in [1.54, 1.807) is 11.0 Å². The van der Waals surface area contributed by atoms with Crippen LogP contribution in [0.15, 0.2) is 61.2 Å². The largest absolute Gasteiger partial charge is 0.486 e. The highest BCUT2D eigenvalue weighted by molar-refractivity contribution is 5.95. The van der Waals surface area contributed by atoms with Gasteiger partial charge in [-0.1, -0.05) is 12.1 Å². The number of carbonyl (C=O) groups is 1. The van der Waals surface area contributed by atoms with Gasteiger partial charge >= 0.3 is 0 Å². The summed E-state index contributed by atoms with van der Waals surface area (Å²) >= 11 is 0. The number of rotatable bonds is 5. The van der Waals surface area contributed by atoms with Crippen LogP contribution in [-0.2, 0) is 6.54 Å². The molecule has 1 aliphatic heterocycles. The van der Waals surface area contributed by atoms with Crippen LogP contribution in [-0.4, -0.2) is 38.5 Å². The summed E-state index contributed by atoms with van der Waals surface area (Å²) in [6.07, 6.45) is 3.14. The lowest BCUT2D eigenvalue weighted by Crippen LogP contribution is -2.23. The van der Waals surface area contributed by atoms with Crippen molar-refractivity contribution in [2.24, 2.45) is 0 Å². The average Bonchev–Trinajstić information content (AvgIpc) is 3.46. The molecule has 0 aliphatic carbocycles. The van der Waals surface area contributed by atoms with E-state index < -0.39 is 0 Å². The van der Waals surface area contributed by atoms with Crippen LogP contribution < -0.4 is 14.8 Å². The van der Waals surface area contributed by atoms with Gasteiger partial charge in [0.25, 0.3) is 5.91 Å².